The van der Waals surface area contributed by atoms with E-state index in [4.69, 9.17) is 0 Å². The van der Waals surface area contributed by atoms with E-state index in [9.17, 15) is 14.7 Å². The number of hydrogen-bond donors (Lipinski definition) is 1. The first-order valence-corrected chi connectivity index (χ1v) is 10.7. The molecule has 4 rings (SSSR count). The summed E-state index contributed by atoms with van der Waals surface area (Å²) in [7, 11) is 0. The molecule has 1 aromatic heterocycles. The maximum atomic E-state index is 13.1. The van der Waals surface area contributed by atoms with E-state index in [0.717, 1.165) is 23.5 Å². The smallest absolute Gasteiger partial charge is 0.335 e. The quantitative estimate of drug-likeness (QED) is 0.545. The zero-order valence-corrected chi connectivity index (χ0v) is 17.7. The molecular weight excluding hydrogens is 410 g/mol. The Morgan fingerprint density at radius 2 is 1.90 bits per heavy atom. The number of amidine groups is 1. The third kappa shape index (κ3) is 4.46. The van der Waals surface area contributed by atoms with E-state index >= 15 is 0 Å². The summed E-state index contributed by atoms with van der Waals surface area (Å²) in [6.45, 7) is 2.62. The van der Waals surface area contributed by atoms with Crippen molar-refractivity contribution >= 4 is 40.6 Å². The van der Waals surface area contributed by atoms with Crippen molar-refractivity contribution in [1.82, 2.24) is 9.47 Å². The molecule has 1 aliphatic rings. The van der Waals surface area contributed by atoms with Crippen LogP contribution in [0.2, 0.25) is 0 Å². The number of aromatic carboxylic acids is 1. The van der Waals surface area contributed by atoms with Gasteiger partial charge in [0.15, 0.2) is 5.17 Å². The Morgan fingerprint density at radius 3 is 2.65 bits per heavy atom. The number of carbonyl (C=O) groups excluding carboxylic acids is 1. The normalized spacial score (nSPS) is 16.4. The summed E-state index contributed by atoms with van der Waals surface area (Å²) in [6, 6.07) is 20.0. The Labute approximate surface area is 184 Å². The summed E-state index contributed by atoms with van der Waals surface area (Å²) < 4.78 is 1.86. The molecule has 31 heavy (non-hydrogen) atoms. The molecule has 3 aromatic rings. The molecule has 0 atom stereocenters. The van der Waals surface area contributed by atoms with Crippen molar-refractivity contribution in [3.05, 3.63) is 89.1 Å². The molecule has 1 N–H and O–H groups in total. The maximum absolute atomic E-state index is 13.1. The summed E-state index contributed by atoms with van der Waals surface area (Å²) in [5.74, 6) is -1.05. The van der Waals surface area contributed by atoms with Gasteiger partial charge in [-0.3, -0.25) is 9.69 Å². The molecular formula is C24H21N3O3S. The first-order chi connectivity index (χ1) is 15.1. The van der Waals surface area contributed by atoms with E-state index in [1.54, 1.807) is 23.1 Å². The van der Waals surface area contributed by atoms with Crippen molar-refractivity contribution < 1.29 is 14.7 Å². The van der Waals surface area contributed by atoms with Crippen LogP contribution in [0.3, 0.4) is 0 Å². The Morgan fingerprint density at radius 1 is 1.10 bits per heavy atom. The van der Waals surface area contributed by atoms with Gasteiger partial charge in [-0.05, 0) is 66.7 Å². The van der Waals surface area contributed by atoms with Crippen LogP contribution in [0.1, 0.15) is 29.4 Å². The minimum Gasteiger partial charge on any atom is -0.478 e. The second-order valence-electron chi connectivity index (χ2n) is 6.96. The van der Waals surface area contributed by atoms with Gasteiger partial charge in [-0.2, -0.15) is 0 Å². The number of thioether (sulfide) groups is 1. The molecule has 0 saturated carbocycles. The van der Waals surface area contributed by atoms with Crippen LogP contribution >= 0.6 is 11.8 Å². The monoisotopic (exact) mass is 431 g/mol. The van der Waals surface area contributed by atoms with Crippen LogP contribution in [-0.4, -0.2) is 38.2 Å². The SMILES string of the molecule is CCCN1C(=O)/C(=C/c2cccn2-c2cccc(C(=O)O)c2)SC1=Nc1ccccc1. The van der Waals surface area contributed by atoms with Crippen molar-refractivity contribution in [2.24, 2.45) is 4.99 Å². The first kappa shape index (κ1) is 20.7. The van der Waals surface area contributed by atoms with Crippen LogP contribution in [0.5, 0.6) is 0 Å². The number of hydrogen-bond acceptors (Lipinski definition) is 4. The van der Waals surface area contributed by atoms with Crippen LogP contribution in [0.25, 0.3) is 11.8 Å². The van der Waals surface area contributed by atoms with E-state index in [1.807, 2.05) is 72.3 Å². The molecule has 1 fully saturated rings. The number of para-hydroxylation sites is 1. The van der Waals surface area contributed by atoms with Gasteiger partial charge in [0.2, 0.25) is 0 Å². The molecule has 1 aliphatic heterocycles. The number of benzene rings is 2. The Kier molecular flexibility index (Phi) is 6.04. The maximum Gasteiger partial charge on any atom is 0.335 e. The minimum absolute atomic E-state index is 0.0754. The highest BCUT2D eigenvalue weighted by Gasteiger charge is 2.33. The van der Waals surface area contributed by atoms with E-state index in [-0.39, 0.29) is 11.5 Å². The number of nitrogens with zero attached hydrogens (tertiary/aromatic N) is 3. The lowest BCUT2D eigenvalue weighted by Gasteiger charge is -2.13. The van der Waals surface area contributed by atoms with E-state index in [1.165, 1.54) is 11.8 Å². The van der Waals surface area contributed by atoms with Gasteiger partial charge in [0.05, 0.1) is 16.2 Å². The van der Waals surface area contributed by atoms with Crippen molar-refractivity contribution in [3.63, 3.8) is 0 Å². The molecule has 1 amide bonds. The molecule has 0 spiro atoms. The van der Waals surface area contributed by atoms with E-state index in [2.05, 4.69) is 4.99 Å². The van der Waals surface area contributed by atoms with Gasteiger partial charge < -0.3 is 9.67 Å². The number of carbonyl (C=O) groups is 2. The van der Waals surface area contributed by atoms with E-state index < -0.39 is 5.97 Å². The van der Waals surface area contributed by atoms with Gasteiger partial charge in [0, 0.05) is 24.1 Å². The Bertz CT molecular complexity index is 1180. The lowest BCUT2D eigenvalue weighted by Crippen LogP contribution is -2.29. The lowest BCUT2D eigenvalue weighted by atomic mass is 10.2. The second-order valence-corrected chi connectivity index (χ2v) is 7.97. The van der Waals surface area contributed by atoms with Gasteiger partial charge in [0.1, 0.15) is 0 Å². The third-order valence-corrected chi connectivity index (χ3v) is 5.75. The fraction of sp³-hybridized carbons (Fsp3) is 0.125. The molecule has 6 nitrogen and oxygen atoms in total. The minimum atomic E-state index is -0.979. The molecule has 2 aromatic carbocycles. The number of rotatable bonds is 6. The Hall–Kier alpha value is -3.58. The zero-order chi connectivity index (χ0) is 21.8. The predicted octanol–water partition coefficient (Wildman–Crippen LogP) is 5.19. The first-order valence-electron chi connectivity index (χ1n) is 9.93. The average molecular weight is 432 g/mol. The molecule has 0 radical (unpaired) electrons. The predicted molar refractivity (Wildman–Crippen MR) is 124 cm³/mol. The number of carboxylic acid groups (broad SMARTS) is 1. The van der Waals surface area contributed by atoms with Gasteiger partial charge in [-0.15, -0.1) is 0 Å². The van der Waals surface area contributed by atoms with Crippen LogP contribution in [0, 0.1) is 0 Å². The van der Waals surface area contributed by atoms with Crippen LogP contribution in [-0.2, 0) is 4.79 Å². The molecule has 1 saturated heterocycles. The van der Waals surface area contributed by atoms with Crippen molar-refractivity contribution in [2.75, 3.05) is 6.54 Å². The highest BCUT2D eigenvalue weighted by atomic mass is 32.2. The average Bonchev–Trinajstić information content (AvgIpc) is 3.35. The summed E-state index contributed by atoms with van der Waals surface area (Å²) in [6.07, 6.45) is 4.50. The van der Waals surface area contributed by atoms with E-state index in [0.29, 0.717) is 16.6 Å². The lowest BCUT2D eigenvalue weighted by molar-refractivity contribution is -0.122. The largest absolute Gasteiger partial charge is 0.478 e. The molecule has 0 bridgehead atoms. The second kappa shape index (κ2) is 9.06. The van der Waals surface area contributed by atoms with Crippen LogP contribution < -0.4 is 0 Å². The van der Waals surface area contributed by atoms with Crippen LogP contribution in [0.15, 0.2) is 82.8 Å². The third-order valence-electron chi connectivity index (χ3n) is 4.75. The highest BCUT2D eigenvalue weighted by molar-refractivity contribution is 8.18. The van der Waals surface area contributed by atoms with Gasteiger partial charge in [-0.25, -0.2) is 9.79 Å². The van der Waals surface area contributed by atoms with Crippen molar-refractivity contribution in [2.45, 2.75) is 13.3 Å². The van der Waals surface area contributed by atoms with Gasteiger partial charge in [-0.1, -0.05) is 31.2 Å². The molecule has 0 unspecified atom stereocenters. The van der Waals surface area contributed by atoms with Gasteiger partial charge >= 0.3 is 5.97 Å². The Balaban J connectivity index is 1.69. The summed E-state index contributed by atoms with van der Waals surface area (Å²) in [4.78, 5) is 31.4. The molecule has 7 heteroatoms. The van der Waals surface area contributed by atoms with Crippen molar-refractivity contribution in [1.29, 1.82) is 0 Å². The number of carboxylic acids is 1. The fourth-order valence-electron chi connectivity index (χ4n) is 3.30. The molecule has 0 aliphatic carbocycles. The number of aromatic nitrogens is 1. The summed E-state index contributed by atoms with van der Waals surface area (Å²) in [5, 5.41) is 9.94. The standard InChI is InChI=1S/C24H21N3O3S/c1-2-13-27-22(28)21(31-24(27)25-18-9-4-3-5-10-18)16-20-12-7-14-26(20)19-11-6-8-17(15-19)23(29)30/h3-12,14-16H,2,13H2,1H3,(H,29,30)/b21-16-,25-24?. The fourth-order valence-corrected chi connectivity index (χ4v) is 4.30. The number of amides is 1. The number of aliphatic imine (C=N–C) groups is 1. The van der Waals surface area contributed by atoms with Gasteiger partial charge in [0.25, 0.3) is 5.91 Å². The zero-order valence-electron chi connectivity index (χ0n) is 16.9. The topological polar surface area (TPSA) is 74.9 Å². The van der Waals surface area contributed by atoms with Crippen molar-refractivity contribution in [3.8, 4) is 5.69 Å². The summed E-state index contributed by atoms with van der Waals surface area (Å²) >= 11 is 1.35. The van der Waals surface area contributed by atoms with Crippen LogP contribution in [0.4, 0.5) is 5.69 Å². The highest BCUT2D eigenvalue weighted by Crippen LogP contribution is 2.34. The molecule has 2 heterocycles. The summed E-state index contributed by atoms with van der Waals surface area (Å²) in [5.41, 5.74) is 2.52. The molecule has 156 valence electrons.